The minimum Gasteiger partial charge on any atom is -0.452 e. The van der Waals surface area contributed by atoms with Crippen molar-refractivity contribution in [3.8, 4) is 0 Å². The van der Waals surface area contributed by atoms with Gasteiger partial charge in [-0.15, -0.1) is 16.9 Å². The molecule has 4 rings (SSSR count). The molecule has 1 aliphatic heterocycles. The molecule has 9 heteroatoms. The highest BCUT2D eigenvalue weighted by Gasteiger charge is 2.33. The van der Waals surface area contributed by atoms with Crippen molar-refractivity contribution in [1.82, 2.24) is 19.6 Å². The van der Waals surface area contributed by atoms with E-state index in [1.807, 2.05) is 58.0 Å². The van der Waals surface area contributed by atoms with Gasteiger partial charge in [0.1, 0.15) is 6.42 Å². The number of aryl methyl sites for hydroxylation is 2. The summed E-state index contributed by atoms with van der Waals surface area (Å²) in [4.78, 5) is 37.4. The summed E-state index contributed by atoms with van der Waals surface area (Å²) in [5.41, 5.74) is 2.58. The van der Waals surface area contributed by atoms with Gasteiger partial charge < -0.3 is 9.64 Å². The van der Waals surface area contributed by atoms with Crippen LogP contribution in [0.15, 0.2) is 35.2 Å². The van der Waals surface area contributed by atoms with Crippen molar-refractivity contribution >= 4 is 35.1 Å². The number of esters is 1. The zero-order valence-electron chi connectivity index (χ0n) is 18.0. The van der Waals surface area contributed by atoms with Gasteiger partial charge in [-0.3, -0.25) is 9.59 Å². The molecule has 1 amide bonds. The number of fused-ring (bicyclic) bond motifs is 2. The minimum absolute atomic E-state index is 0.120. The number of para-hydroxylation sites is 1. The maximum Gasteiger partial charge on any atom is 0.314 e. The number of thioether (sulfide) groups is 1. The first kappa shape index (κ1) is 21.3. The summed E-state index contributed by atoms with van der Waals surface area (Å²) in [7, 11) is 0. The average molecular weight is 440 g/mol. The van der Waals surface area contributed by atoms with Gasteiger partial charge in [0.05, 0.1) is 5.69 Å². The number of benzene rings is 1. The Bertz CT molecular complexity index is 1140. The van der Waals surface area contributed by atoms with E-state index in [-0.39, 0.29) is 18.2 Å². The third-order valence-corrected chi connectivity index (χ3v) is 6.11. The lowest BCUT2D eigenvalue weighted by molar-refractivity contribution is -0.157. The summed E-state index contributed by atoms with van der Waals surface area (Å²) in [6.07, 6.45) is -0.993. The number of carbonyl (C=O) groups excluding carboxylic acids is 2. The van der Waals surface area contributed by atoms with Gasteiger partial charge in [-0.1, -0.05) is 26.0 Å². The fourth-order valence-electron chi connectivity index (χ4n) is 3.62. The number of hydrogen-bond donors (Lipinski definition) is 0. The van der Waals surface area contributed by atoms with Gasteiger partial charge in [0.15, 0.2) is 11.9 Å². The Labute approximate surface area is 185 Å². The zero-order valence-corrected chi connectivity index (χ0v) is 18.8. The van der Waals surface area contributed by atoms with E-state index in [0.29, 0.717) is 18.1 Å². The van der Waals surface area contributed by atoms with Gasteiger partial charge in [0.25, 0.3) is 11.7 Å². The molecule has 0 saturated carbocycles. The Morgan fingerprint density at radius 3 is 2.74 bits per heavy atom. The third-order valence-electron chi connectivity index (χ3n) is 5.07. The molecule has 1 unspecified atom stereocenters. The minimum atomic E-state index is -0.872. The van der Waals surface area contributed by atoms with Gasteiger partial charge in [0.2, 0.25) is 0 Å². The molecule has 2 aromatic heterocycles. The molecule has 0 aliphatic carbocycles. The van der Waals surface area contributed by atoms with Gasteiger partial charge in [-0.25, -0.2) is 9.50 Å². The van der Waals surface area contributed by atoms with Crippen LogP contribution in [0.4, 0.5) is 5.69 Å². The molecule has 0 spiro atoms. The number of anilines is 1. The highest BCUT2D eigenvalue weighted by molar-refractivity contribution is 7.99. The number of hydrogen-bond acceptors (Lipinski definition) is 7. The quantitative estimate of drug-likeness (QED) is 0.565. The monoisotopic (exact) mass is 439 g/mol. The lowest BCUT2D eigenvalue weighted by Gasteiger charge is -2.32. The summed E-state index contributed by atoms with van der Waals surface area (Å²) in [5, 5.41) is 4.35. The maximum absolute atomic E-state index is 13.3. The van der Waals surface area contributed by atoms with Crippen LogP contribution in [0.25, 0.3) is 5.78 Å². The van der Waals surface area contributed by atoms with Crippen LogP contribution in [0.2, 0.25) is 0 Å². The molecular weight excluding hydrogens is 414 g/mol. The SMILES string of the molecule is Cc1cc(C)n2nc(CC(=O)OC(C(=O)N3CCSc4ccccc43)C(C)C)nc2n1. The largest absolute Gasteiger partial charge is 0.452 e. The molecular formula is C22H25N5O3S. The second-order valence-corrected chi connectivity index (χ2v) is 9.05. The second kappa shape index (κ2) is 8.66. The van der Waals surface area contributed by atoms with E-state index in [0.717, 1.165) is 27.7 Å². The lowest BCUT2D eigenvalue weighted by atomic mass is 10.1. The van der Waals surface area contributed by atoms with Crippen LogP contribution < -0.4 is 4.90 Å². The van der Waals surface area contributed by atoms with E-state index in [1.165, 1.54) is 0 Å². The fourth-order valence-corrected chi connectivity index (χ4v) is 4.61. The van der Waals surface area contributed by atoms with Crippen LogP contribution in [-0.4, -0.2) is 49.9 Å². The Morgan fingerprint density at radius 2 is 1.97 bits per heavy atom. The van der Waals surface area contributed by atoms with Gasteiger partial charge >= 0.3 is 5.97 Å². The average Bonchev–Trinajstić information content (AvgIpc) is 3.13. The standard InChI is InChI=1S/C22H25N5O3S/c1-13(2)20(21(29)26-9-10-31-17-8-6-5-7-16(17)26)30-19(28)12-18-24-22-23-14(3)11-15(4)27(22)25-18/h5-8,11,13,20H,9-10,12H2,1-4H3. The summed E-state index contributed by atoms with van der Waals surface area (Å²) in [6.45, 7) is 8.12. The Morgan fingerprint density at radius 1 is 1.19 bits per heavy atom. The van der Waals surface area contributed by atoms with Crippen molar-refractivity contribution < 1.29 is 14.3 Å². The number of carbonyl (C=O) groups is 2. The van der Waals surface area contributed by atoms with Crippen molar-refractivity contribution in [2.45, 2.75) is 45.1 Å². The first-order valence-corrected chi connectivity index (χ1v) is 11.2. The van der Waals surface area contributed by atoms with E-state index >= 15 is 0 Å². The molecule has 0 bridgehead atoms. The van der Waals surface area contributed by atoms with Gasteiger partial charge in [-0.05, 0) is 38.0 Å². The number of rotatable bonds is 5. The highest BCUT2D eigenvalue weighted by atomic mass is 32.2. The van der Waals surface area contributed by atoms with Crippen molar-refractivity contribution in [3.05, 3.63) is 47.5 Å². The Balaban J connectivity index is 1.50. The third kappa shape index (κ3) is 4.41. The summed E-state index contributed by atoms with van der Waals surface area (Å²) < 4.78 is 7.25. The molecule has 0 fully saturated rings. The predicted octanol–water partition coefficient (Wildman–Crippen LogP) is 2.99. The summed E-state index contributed by atoms with van der Waals surface area (Å²) in [5.74, 6) is 0.668. The smallest absolute Gasteiger partial charge is 0.314 e. The van der Waals surface area contributed by atoms with Crippen LogP contribution in [0.1, 0.15) is 31.1 Å². The topological polar surface area (TPSA) is 89.7 Å². The molecule has 162 valence electrons. The van der Waals surface area contributed by atoms with Crippen molar-refractivity contribution in [1.29, 1.82) is 0 Å². The van der Waals surface area contributed by atoms with E-state index in [1.54, 1.807) is 21.2 Å². The number of amides is 1. The molecule has 0 N–H and O–H groups in total. The highest BCUT2D eigenvalue weighted by Crippen LogP contribution is 2.35. The van der Waals surface area contributed by atoms with Crippen LogP contribution in [-0.2, 0) is 20.7 Å². The van der Waals surface area contributed by atoms with Crippen LogP contribution >= 0.6 is 11.8 Å². The fraction of sp³-hybridized carbons (Fsp3) is 0.409. The molecule has 31 heavy (non-hydrogen) atoms. The lowest BCUT2D eigenvalue weighted by Crippen LogP contribution is -2.46. The summed E-state index contributed by atoms with van der Waals surface area (Å²) >= 11 is 1.72. The number of ether oxygens (including phenoxy) is 1. The van der Waals surface area contributed by atoms with Crippen LogP contribution in [0.5, 0.6) is 0 Å². The Hall–Kier alpha value is -2.94. The molecule has 8 nitrogen and oxygen atoms in total. The van der Waals surface area contributed by atoms with Crippen LogP contribution in [0, 0.1) is 19.8 Å². The molecule has 0 radical (unpaired) electrons. The number of aromatic nitrogens is 4. The normalized spacial score (nSPS) is 14.5. The van der Waals surface area contributed by atoms with E-state index in [4.69, 9.17) is 4.74 Å². The molecule has 0 saturated heterocycles. The molecule has 1 aliphatic rings. The van der Waals surface area contributed by atoms with Gasteiger partial charge in [0, 0.05) is 28.6 Å². The van der Waals surface area contributed by atoms with E-state index < -0.39 is 12.1 Å². The maximum atomic E-state index is 13.3. The molecule has 1 atom stereocenters. The predicted molar refractivity (Wildman–Crippen MR) is 118 cm³/mol. The first-order chi connectivity index (χ1) is 14.8. The van der Waals surface area contributed by atoms with E-state index in [2.05, 4.69) is 15.1 Å². The van der Waals surface area contributed by atoms with E-state index in [9.17, 15) is 9.59 Å². The second-order valence-electron chi connectivity index (χ2n) is 7.92. The Kier molecular flexibility index (Phi) is 5.95. The van der Waals surface area contributed by atoms with Gasteiger partial charge in [-0.2, -0.15) is 4.98 Å². The van der Waals surface area contributed by atoms with Crippen LogP contribution in [0.3, 0.4) is 0 Å². The zero-order chi connectivity index (χ0) is 22.1. The van der Waals surface area contributed by atoms with Crippen molar-refractivity contribution in [2.75, 3.05) is 17.2 Å². The van der Waals surface area contributed by atoms with Crippen molar-refractivity contribution in [2.24, 2.45) is 5.92 Å². The number of nitrogens with zero attached hydrogens (tertiary/aromatic N) is 5. The molecule has 3 aromatic rings. The first-order valence-electron chi connectivity index (χ1n) is 10.3. The summed E-state index contributed by atoms with van der Waals surface area (Å²) in [6, 6.07) is 9.69. The van der Waals surface area contributed by atoms with Crippen molar-refractivity contribution in [3.63, 3.8) is 0 Å². The molecule has 3 heterocycles. The molecule has 1 aromatic carbocycles.